The van der Waals surface area contributed by atoms with E-state index in [-0.39, 0.29) is 0 Å². The molecule has 1 N–H and O–H groups in total. The van der Waals surface area contributed by atoms with Crippen LogP contribution >= 0.6 is 0 Å². The van der Waals surface area contributed by atoms with Crippen molar-refractivity contribution in [2.45, 2.75) is 45.6 Å². The van der Waals surface area contributed by atoms with Crippen LogP contribution in [0.1, 0.15) is 39.5 Å². The van der Waals surface area contributed by atoms with Crippen molar-refractivity contribution in [2.75, 3.05) is 18.6 Å². The van der Waals surface area contributed by atoms with Gasteiger partial charge in [0.1, 0.15) is 9.84 Å². The molecule has 1 rings (SSSR count). The Morgan fingerprint density at radius 2 is 1.94 bits per heavy atom. The summed E-state index contributed by atoms with van der Waals surface area (Å²) in [5.74, 6) is 1.84. The van der Waals surface area contributed by atoms with E-state index >= 15 is 0 Å². The molecule has 4 heteroatoms. The Balaban J connectivity index is 2.21. The van der Waals surface area contributed by atoms with E-state index in [1.54, 1.807) is 0 Å². The minimum atomic E-state index is -2.79. The fourth-order valence-corrected chi connectivity index (χ4v) is 3.11. The Kier molecular flexibility index (Phi) is 5.25. The second-order valence-corrected chi connectivity index (χ2v) is 7.70. The van der Waals surface area contributed by atoms with E-state index in [4.69, 9.17) is 0 Å². The normalized spacial score (nSPS) is 31.6. The van der Waals surface area contributed by atoms with E-state index in [1.165, 1.54) is 25.5 Å². The monoisotopic (exact) mass is 247 g/mol. The number of hydrogen-bond acceptors (Lipinski definition) is 3. The van der Waals surface area contributed by atoms with Gasteiger partial charge in [0, 0.05) is 12.3 Å². The lowest BCUT2D eigenvalue weighted by atomic mass is 9.80. The maximum atomic E-state index is 11.0. The average molecular weight is 247 g/mol. The van der Waals surface area contributed by atoms with Crippen LogP contribution in [0.4, 0.5) is 0 Å². The molecular formula is C12H25NO2S. The van der Waals surface area contributed by atoms with Crippen molar-refractivity contribution in [2.24, 2.45) is 11.8 Å². The average Bonchev–Trinajstić information content (AvgIpc) is 2.16. The van der Waals surface area contributed by atoms with Gasteiger partial charge in [-0.15, -0.1) is 0 Å². The number of nitrogens with one attached hydrogen (secondary N) is 1. The third-order valence-corrected chi connectivity index (χ3v) is 4.59. The van der Waals surface area contributed by atoms with E-state index in [0.29, 0.717) is 11.8 Å². The largest absolute Gasteiger partial charge is 0.314 e. The maximum Gasteiger partial charge on any atom is 0.147 e. The van der Waals surface area contributed by atoms with Crippen LogP contribution in [0.2, 0.25) is 0 Å². The van der Waals surface area contributed by atoms with Crippen molar-refractivity contribution in [3.63, 3.8) is 0 Å². The smallest absolute Gasteiger partial charge is 0.147 e. The van der Waals surface area contributed by atoms with Crippen LogP contribution in [0.25, 0.3) is 0 Å². The van der Waals surface area contributed by atoms with E-state index in [0.717, 1.165) is 24.8 Å². The van der Waals surface area contributed by atoms with Gasteiger partial charge in [0.15, 0.2) is 0 Å². The van der Waals surface area contributed by atoms with Crippen molar-refractivity contribution < 1.29 is 8.42 Å². The zero-order valence-corrected chi connectivity index (χ0v) is 11.5. The molecule has 0 aromatic carbocycles. The molecule has 0 spiro atoms. The molecule has 3 unspecified atom stereocenters. The highest BCUT2D eigenvalue weighted by Crippen LogP contribution is 2.28. The summed E-state index contributed by atoms with van der Waals surface area (Å²) in [5, 5.41) is 3.51. The minimum absolute atomic E-state index is 0.302. The topological polar surface area (TPSA) is 46.2 Å². The molecule has 1 aliphatic rings. The first-order chi connectivity index (χ1) is 7.38. The fourth-order valence-electron chi connectivity index (χ4n) is 2.44. The van der Waals surface area contributed by atoms with E-state index in [2.05, 4.69) is 19.2 Å². The Labute approximate surface area is 99.9 Å². The molecule has 0 saturated heterocycles. The lowest BCUT2D eigenvalue weighted by Gasteiger charge is -2.33. The van der Waals surface area contributed by atoms with Crippen LogP contribution < -0.4 is 5.32 Å². The van der Waals surface area contributed by atoms with Gasteiger partial charge >= 0.3 is 0 Å². The lowest BCUT2D eigenvalue weighted by Crippen LogP contribution is -2.40. The zero-order chi connectivity index (χ0) is 12.2. The summed E-state index contributed by atoms with van der Waals surface area (Å²) in [6.07, 6.45) is 5.91. The Morgan fingerprint density at radius 1 is 1.25 bits per heavy atom. The molecule has 3 nitrogen and oxygen atoms in total. The lowest BCUT2D eigenvalue weighted by molar-refractivity contribution is 0.229. The number of hydrogen-bond donors (Lipinski definition) is 1. The minimum Gasteiger partial charge on any atom is -0.314 e. The summed E-state index contributed by atoms with van der Waals surface area (Å²) in [6, 6.07) is 0.586. The second kappa shape index (κ2) is 6.01. The van der Waals surface area contributed by atoms with Crippen molar-refractivity contribution in [1.29, 1.82) is 0 Å². The van der Waals surface area contributed by atoms with E-state index < -0.39 is 9.84 Å². The Bertz CT molecular complexity index is 300. The van der Waals surface area contributed by atoms with Gasteiger partial charge in [0.25, 0.3) is 0 Å². The molecule has 0 radical (unpaired) electrons. The van der Waals surface area contributed by atoms with Gasteiger partial charge in [-0.1, -0.05) is 20.3 Å². The van der Waals surface area contributed by atoms with Crippen LogP contribution in [0, 0.1) is 11.8 Å². The Morgan fingerprint density at radius 3 is 2.56 bits per heavy atom. The summed E-state index contributed by atoms with van der Waals surface area (Å²) in [7, 11) is -2.79. The molecule has 1 saturated carbocycles. The molecule has 0 aromatic rings. The highest BCUT2D eigenvalue weighted by molar-refractivity contribution is 7.90. The van der Waals surface area contributed by atoms with Crippen molar-refractivity contribution in [3.05, 3.63) is 0 Å². The third kappa shape index (κ3) is 5.30. The SMILES string of the molecule is CC1CCC(C)C(NCCCS(C)(=O)=O)C1. The molecule has 0 heterocycles. The van der Waals surface area contributed by atoms with Crippen LogP contribution in [-0.2, 0) is 9.84 Å². The standard InChI is InChI=1S/C12H25NO2S/c1-10-5-6-11(2)12(9-10)13-7-4-8-16(3,14)15/h10-13H,4-9H2,1-3H3. The molecule has 96 valence electrons. The van der Waals surface area contributed by atoms with Gasteiger partial charge in [-0.3, -0.25) is 0 Å². The quantitative estimate of drug-likeness (QED) is 0.754. The van der Waals surface area contributed by atoms with Gasteiger partial charge in [-0.05, 0) is 37.6 Å². The Hall–Kier alpha value is -0.0900. The maximum absolute atomic E-state index is 11.0. The molecule has 1 aliphatic carbocycles. The highest BCUT2D eigenvalue weighted by Gasteiger charge is 2.24. The molecule has 16 heavy (non-hydrogen) atoms. The molecule has 0 aromatic heterocycles. The first-order valence-electron chi connectivity index (χ1n) is 6.29. The number of rotatable bonds is 5. The summed E-state index contributed by atoms with van der Waals surface area (Å²) in [4.78, 5) is 0. The van der Waals surface area contributed by atoms with Crippen molar-refractivity contribution in [1.82, 2.24) is 5.32 Å². The molecule has 3 atom stereocenters. The summed E-state index contributed by atoms with van der Waals surface area (Å²) in [5.41, 5.74) is 0. The first kappa shape index (κ1) is 14.0. The summed E-state index contributed by atoms with van der Waals surface area (Å²) < 4.78 is 21.9. The first-order valence-corrected chi connectivity index (χ1v) is 8.35. The third-order valence-electron chi connectivity index (χ3n) is 3.56. The molecular weight excluding hydrogens is 222 g/mol. The predicted octanol–water partition coefficient (Wildman–Crippen LogP) is 1.84. The molecule has 0 amide bonds. The highest BCUT2D eigenvalue weighted by atomic mass is 32.2. The zero-order valence-electron chi connectivity index (χ0n) is 10.7. The van der Waals surface area contributed by atoms with Crippen LogP contribution in [-0.4, -0.2) is 33.0 Å². The number of sulfone groups is 1. The molecule has 0 bridgehead atoms. The van der Waals surface area contributed by atoms with Crippen molar-refractivity contribution in [3.8, 4) is 0 Å². The predicted molar refractivity (Wildman–Crippen MR) is 68.3 cm³/mol. The summed E-state index contributed by atoms with van der Waals surface area (Å²) >= 11 is 0. The van der Waals surface area contributed by atoms with Crippen LogP contribution in [0.15, 0.2) is 0 Å². The fraction of sp³-hybridized carbons (Fsp3) is 1.00. The van der Waals surface area contributed by atoms with Crippen LogP contribution in [0.3, 0.4) is 0 Å². The van der Waals surface area contributed by atoms with Crippen molar-refractivity contribution >= 4 is 9.84 Å². The van der Waals surface area contributed by atoms with Gasteiger partial charge < -0.3 is 5.32 Å². The van der Waals surface area contributed by atoms with E-state index in [9.17, 15) is 8.42 Å². The van der Waals surface area contributed by atoms with Gasteiger partial charge in [0.05, 0.1) is 5.75 Å². The van der Waals surface area contributed by atoms with Crippen LogP contribution in [0.5, 0.6) is 0 Å². The van der Waals surface area contributed by atoms with Gasteiger partial charge in [-0.2, -0.15) is 0 Å². The second-order valence-electron chi connectivity index (χ2n) is 5.44. The van der Waals surface area contributed by atoms with E-state index in [1.807, 2.05) is 0 Å². The summed E-state index contributed by atoms with van der Waals surface area (Å²) in [6.45, 7) is 5.42. The van der Waals surface area contributed by atoms with Gasteiger partial charge in [0.2, 0.25) is 0 Å². The molecule has 1 fully saturated rings. The molecule has 0 aliphatic heterocycles. The van der Waals surface area contributed by atoms with Gasteiger partial charge in [-0.25, -0.2) is 8.42 Å².